The van der Waals surface area contributed by atoms with Crippen LogP contribution in [0.15, 0.2) is 12.2 Å². The Bertz CT molecular complexity index is 455. The fraction of sp³-hybridized carbons (Fsp3) is 0.667. The fourth-order valence-corrected chi connectivity index (χ4v) is 1.85. The molecule has 0 N–H and O–H groups in total. The van der Waals surface area contributed by atoms with Crippen molar-refractivity contribution in [2.24, 2.45) is 11.3 Å². The number of hydrogen-bond donors (Lipinski definition) is 0. The molecule has 6 heteroatoms. The molecule has 6 nitrogen and oxygen atoms in total. The van der Waals surface area contributed by atoms with E-state index in [4.69, 9.17) is 14.2 Å². The monoisotopic (exact) mass is 298 g/mol. The molecule has 1 atom stereocenters. The van der Waals surface area contributed by atoms with E-state index >= 15 is 0 Å². The van der Waals surface area contributed by atoms with E-state index in [9.17, 15) is 14.4 Å². The van der Waals surface area contributed by atoms with Gasteiger partial charge in [-0.1, -0.05) is 19.9 Å². The van der Waals surface area contributed by atoms with Crippen LogP contribution < -0.4 is 0 Å². The van der Waals surface area contributed by atoms with Gasteiger partial charge < -0.3 is 14.2 Å². The predicted octanol–water partition coefficient (Wildman–Crippen LogP) is 1.97. The Labute approximate surface area is 124 Å². The average Bonchev–Trinajstić information content (AvgIpc) is 2.29. The van der Waals surface area contributed by atoms with E-state index in [0.29, 0.717) is 0 Å². The minimum Gasteiger partial charge on any atom is -0.456 e. The van der Waals surface area contributed by atoms with E-state index < -0.39 is 35.2 Å². The molecular weight excluding hydrogens is 276 g/mol. The molecule has 0 aromatic carbocycles. The maximum absolute atomic E-state index is 12.3. The number of ether oxygens (including phenoxy) is 3. The molecule has 1 aliphatic rings. The molecule has 0 bridgehead atoms. The van der Waals surface area contributed by atoms with Crippen molar-refractivity contribution in [3.05, 3.63) is 12.2 Å². The van der Waals surface area contributed by atoms with Gasteiger partial charge >= 0.3 is 17.9 Å². The second-order valence-electron chi connectivity index (χ2n) is 6.04. The fourth-order valence-electron chi connectivity index (χ4n) is 1.85. The maximum Gasteiger partial charge on any atom is 0.330 e. The minimum absolute atomic E-state index is 0.165. The number of esters is 3. The highest BCUT2D eigenvalue weighted by molar-refractivity contribution is 6.02. The summed E-state index contributed by atoms with van der Waals surface area (Å²) in [6.07, 6.45) is 2.19. The van der Waals surface area contributed by atoms with Crippen LogP contribution in [0, 0.1) is 11.3 Å². The molecule has 0 saturated carbocycles. The van der Waals surface area contributed by atoms with Gasteiger partial charge in [-0.05, 0) is 18.9 Å². The lowest BCUT2D eigenvalue weighted by atomic mass is 9.82. The molecule has 1 aliphatic heterocycles. The molecule has 0 radical (unpaired) electrons. The summed E-state index contributed by atoms with van der Waals surface area (Å²) < 4.78 is 15.4. The molecule has 1 fully saturated rings. The van der Waals surface area contributed by atoms with Crippen molar-refractivity contribution in [1.29, 1.82) is 0 Å². The largest absolute Gasteiger partial charge is 0.456 e. The average molecular weight is 298 g/mol. The topological polar surface area (TPSA) is 78.9 Å². The standard InChI is InChI=1S/C15H22O6/c1-9(2)7-8-11(19-10(3)16)15(6)12(17)20-14(4,5)21-13(15)18/h7-9,11H,1-6H3/b8-7+/t11-/m1/s1. The summed E-state index contributed by atoms with van der Waals surface area (Å²) in [6.45, 7) is 9.34. The van der Waals surface area contributed by atoms with Gasteiger partial charge in [0.15, 0.2) is 0 Å². The lowest BCUT2D eigenvalue weighted by molar-refractivity contribution is -0.255. The van der Waals surface area contributed by atoms with Gasteiger partial charge in [0.05, 0.1) is 0 Å². The van der Waals surface area contributed by atoms with Crippen LogP contribution in [0.5, 0.6) is 0 Å². The zero-order chi connectivity index (χ0) is 16.4. The third kappa shape index (κ3) is 3.83. The van der Waals surface area contributed by atoms with E-state index in [1.165, 1.54) is 33.8 Å². The van der Waals surface area contributed by atoms with Crippen LogP contribution >= 0.6 is 0 Å². The van der Waals surface area contributed by atoms with Gasteiger partial charge in [-0.25, -0.2) is 0 Å². The number of allylic oxidation sites excluding steroid dienone is 1. The van der Waals surface area contributed by atoms with Crippen molar-refractivity contribution >= 4 is 17.9 Å². The number of rotatable bonds is 4. The summed E-state index contributed by atoms with van der Waals surface area (Å²) in [7, 11) is 0. The molecule has 118 valence electrons. The number of hydrogen-bond acceptors (Lipinski definition) is 6. The van der Waals surface area contributed by atoms with Gasteiger partial charge in [0.1, 0.15) is 6.10 Å². The Morgan fingerprint density at radius 2 is 1.57 bits per heavy atom. The Balaban J connectivity index is 3.17. The van der Waals surface area contributed by atoms with Gasteiger partial charge in [-0.15, -0.1) is 0 Å². The van der Waals surface area contributed by atoms with Gasteiger partial charge in [0, 0.05) is 20.8 Å². The summed E-state index contributed by atoms with van der Waals surface area (Å²) in [4.78, 5) is 35.8. The van der Waals surface area contributed by atoms with Crippen LogP contribution in [-0.4, -0.2) is 29.8 Å². The summed E-state index contributed by atoms with van der Waals surface area (Å²) in [5, 5.41) is 0. The van der Waals surface area contributed by atoms with Crippen molar-refractivity contribution in [1.82, 2.24) is 0 Å². The Morgan fingerprint density at radius 1 is 1.10 bits per heavy atom. The van der Waals surface area contributed by atoms with Crippen molar-refractivity contribution in [2.45, 2.75) is 53.4 Å². The molecule has 0 amide bonds. The molecule has 0 aromatic rings. The molecule has 1 heterocycles. The number of carbonyl (C=O) groups excluding carboxylic acids is 3. The first-order valence-electron chi connectivity index (χ1n) is 6.81. The van der Waals surface area contributed by atoms with Crippen LogP contribution in [0.2, 0.25) is 0 Å². The molecule has 0 unspecified atom stereocenters. The quantitative estimate of drug-likeness (QED) is 0.448. The summed E-state index contributed by atoms with van der Waals surface area (Å²) >= 11 is 0. The molecule has 0 aliphatic carbocycles. The highest BCUT2D eigenvalue weighted by Crippen LogP contribution is 2.37. The predicted molar refractivity (Wildman–Crippen MR) is 73.9 cm³/mol. The molecule has 21 heavy (non-hydrogen) atoms. The first-order chi connectivity index (χ1) is 9.49. The lowest BCUT2D eigenvalue weighted by Crippen LogP contribution is -2.58. The Morgan fingerprint density at radius 3 is 1.95 bits per heavy atom. The number of cyclic esters (lactones) is 2. The van der Waals surface area contributed by atoms with Crippen LogP contribution in [0.4, 0.5) is 0 Å². The lowest BCUT2D eigenvalue weighted by Gasteiger charge is -2.40. The van der Waals surface area contributed by atoms with Crippen LogP contribution in [0.3, 0.4) is 0 Å². The smallest absolute Gasteiger partial charge is 0.330 e. The zero-order valence-corrected chi connectivity index (χ0v) is 13.3. The van der Waals surface area contributed by atoms with Crippen LogP contribution in [0.25, 0.3) is 0 Å². The Hall–Kier alpha value is -1.85. The van der Waals surface area contributed by atoms with Gasteiger partial charge in [-0.2, -0.15) is 0 Å². The SMILES string of the molecule is CC(=O)O[C@H](/C=C/C(C)C)C1(C)C(=O)OC(C)(C)OC1=O. The summed E-state index contributed by atoms with van der Waals surface area (Å²) in [5.41, 5.74) is -1.72. The molecule has 0 aromatic heterocycles. The van der Waals surface area contributed by atoms with E-state index in [0.717, 1.165) is 0 Å². The van der Waals surface area contributed by atoms with Gasteiger partial charge in [-0.3, -0.25) is 14.4 Å². The normalized spacial score (nSPS) is 21.9. The minimum atomic E-state index is -1.72. The van der Waals surface area contributed by atoms with E-state index in [-0.39, 0.29) is 5.92 Å². The highest BCUT2D eigenvalue weighted by atomic mass is 16.7. The van der Waals surface area contributed by atoms with E-state index in [1.54, 1.807) is 6.08 Å². The molecule has 1 rings (SSSR count). The highest BCUT2D eigenvalue weighted by Gasteiger charge is 2.58. The first kappa shape index (κ1) is 17.2. The molecular formula is C15H22O6. The maximum atomic E-state index is 12.3. The Kier molecular flexibility index (Phi) is 4.81. The molecule has 1 saturated heterocycles. The van der Waals surface area contributed by atoms with Gasteiger partial charge in [0.2, 0.25) is 5.41 Å². The van der Waals surface area contributed by atoms with Crippen molar-refractivity contribution in [3.63, 3.8) is 0 Å². The molecule has 0 spiro atoms. The van der Waals surface area contributed by atoms with Gasteiger partial charge in [0.25, 0.3) is 5.79 Å². The second kappa shape index (κ2) is 5.87. The van der Waals surface area contributed by atoms with Crippen LogP contribution in [-0.2, 0) is 28.6 Å². The van der Waals surface area contributed by atoms with Crippen LogP contribution in [0.1, 0.15) is 41.5 Å². The van der Waals surface area contributed by atoms with Crippen molar-refractivity contribution in [3.8, 4) is 0 Å². The summed E-state index contributed by atoms with van der Waals surface area (Å²) in [5.74, 6) is -3.30. The summed E-state index contributed by atoms with van der Waals surface area (Å²) in [6, 6.07) is 0. The number of carbonyl (C=O) groups is 3. The third-order valence-corrected chi connectivity index (χ3v) is 3.06. The zero-order valence-electron chi connectivity index (χ0n) is 13.3. The van der Waals surface area contributed by atoms with E-state index in [1.807, 2.05) is 13.8 Å². The first-order valence-corrected chi connectivity index (χ1v) is 6.81. The van der Waals surface area contributed by atoms with Crippen molar-refractivity contribution in [2.75, 3.05) is 0 Å². The van der Waals surface area contributed by atoms with E-state index in [2.05, 4.69) is 0 Å². The third-order valence-electron chi connectivity index (χ3n) is 3.06. The second-order valence-corrected chi connectivity index (χ2v) is 6.04. The van der Waals surface area contributed by atoms with Crippen molar-refractivity contribution < 1.29 is 28.6 Å².